The minimum Gasteiger partial charge on any atom is -0.395 e. The molecule has 1 aliphatic heterocycles. The summed E-state index contributed by atoms with van der Waals surface area (Å²) in [6.45, 7) is 8.80. The van der Waals surface area contributed by atoms with E-state index in [4.69, 9.17) is 4.42 Å². The quantitative estimate of drug-likeness (QED) is 0.556. The molecule has 2 amide bonds. The highest BCUT2D eigenvalue weighted by molar-refractivity contribution is 5.94. The van der Waals surface area contributed by atoms with Gasteiger partial charge in [0.05, 0.1) is 12.0 Å². The third-order valence-corrected chi connectivity index (χ3v) is 4.89. The lowest BCUT2D eigenvalue weighted by Crippen LogP contribution is -2.59. The molecule has 0 spiro atoms. The molecule has 1 saturated heterocycles. The Morgan fingerprint density at radius 2 is 1.84 bits per heavy atom. The van der Waals surface area contributed by atoms with Crippen molar-refractivity contribution in [3.63, 3.8) is 0 Å². The fourth-order valence-corrected chi connectivity index (χ4v) is 2.97. The first-order chi connectivity index (χ1) is 11.8. The van der Waals surface area contributed by atoms with Gasteiger partial charge in [-0.15, -0.1) is 0 Å². The van der Waals surface area contributed by atoms with Crippen molar-refractivity contribution in [3.05, 3.63) is 28.0 Å². The van der Waals surface area contributed by atoms with Gasteiger partial charge in [0, 0.05) is 25.2 Å². The fraction of sp³-hybridized carbons (Fsp3) is 0.647. The highest BCUT2D eigenvalue weighted by Crippen LogP contribution is 2.26. The van der Waals surface area contributed by atoms with E-state index in [9.17, 15) is 19.7 Å². The number of nitro groups is 1. The van der Waals surface area contributed by atoms with Crippen LogP contribution in [0.3, 0.4) is 0 Å². The van der Waals surface area contributed by atoms with Crippen LogP contribution in [-0.4, -0.2) is 51.7 Å². The molecular weight excluding hydrogens is 326 g/mol. The van der Waals surface area contributed by atoms with Crippen LogP contribution in [0.25, 0.3) is 0 Å². The summed E-state index contributed by atoms with van der Waals surface area (Å²) in [5, 5.41) is 10.6. The van der Waals surface area contributed by atoms with Crippen LogP contribution >= 0.6 is 0 Å². The summed E-state index contributed by atoms with van der Waals surface area (Å²) in [6, 6.07) is 2.75. The lowest BCUT2D eigenvalue weighted by molar-refractivity contribution is -0.402. The summed E-state index contributed by atoms with van der Waals surface area (Å²) in [4.78, 5) is 38.4. The van der Waals surface area contributed by atoms with Gasteiger partial charge >= 0.3 is 5.88 Å². The number of rotatable bonds is 7. The Morgan fingerprint density at radius 3 is 2.28 bits per heavy atom. The van der Waals surface area contributed by atoms with Gasteiger partial charge in [0.15, 0.2) is 5.76 Å². The summed E-state index contributed by atoms with van der Waals surface area (Å²) in [5.74, 6) is -1.11. The Morgan fingerprint density at radius 1 is 1.28 bits per heavy atom. The minimum absolute atomic E-state index is 0.0678. The van der Waals surface area contributed by atoms with Gasteiger partial charge < -0.3 is 14.2 Å². The molecule has 1 aromatic heterocycles. The number of amides is 2. The Kier molecular flexibility index (Phi) is 5.81. The molecule has 2 heterocycles. The maximum atomic E-state index is 12.8. The van der Waals surface area contributed by atoms with Crippen LogP contribution in [0.5, 0.6) is 0 Å². The van der Waals surface area contributed by atoms with Crippen LogP contribution in [0, 0.1) is 16.0 Å². The maximum absolute atomic E-state index is 12.8. The number of hydrogen-bond acceptors (Lipinski definition) is 5. The summed E-state index contributed by atoms with van der Waals surface area (Å²) >= 11 is 0. The van der Waals surface area contributed by atoms with Gasteiger partial charge in [-0.3, -0.25) is 19.7 Å². The molecule has 0 N–H and O–H groups in total. The van der Waals surface area contributed by atoms with Gasteiger partial charge in [-0.1, -0.05) is 13.8 Å². The van der Waals surface area contributed by atoms with Crippen molar-refractivity contribution < 1.29 is 18.9 Å². The van der Waals surface area contributed by atoms with E-state index in [1.54, 1.807) is 0 Å². The normalized spacial score (nSPS) is 16.9. The van der Waals surface area contributed by atoms with Crippen molar-refractivity contribution in [3.8, 4) is 0 Å². The Bertz CT molecular complexity index is 640. The highest BCUT2D eigenvalue weighted by atomic mass is 16.6. The zero-order valence-corrected chi connectivity index (χ0v) is 15.1. The second-order valence-electron chi connectivity index (χ2n) is 6.56. The number of hydrogen-bond donors (Lipinski definition) is 0. The standard InChI is InChI=1S/C17H25N3O5/c1-5-11(3)19(12(4)6-2)16(21)13-9-18(10-13)17(22)14-7-8-15(25-14)20(23)24/h7-8,11-13H,5-6,9-10H2,1-4H3. The van der Waals surface area contributed by atoms with Crippen LogP contribution in [0.15, 0.2) is 16.5 Å². The molecule has 2 unspecified atom stereocenters. The molecule has 0 aromatic carbocycles. The fourth-order valence-electron chi connectivity index (χ4n) is 2.97. The lowest BCUT2D eigenvalue weighted by atomic mass is 9.95. The summed E-state index contributed by atoms with van der Waals surface area (Å²) in [5.41, 5.74) is 0. The predicted octanol–water partition coefficient (Wildman–Crippen LogP) is 2.69. The molecule has 0 aliphatic carbocycles. The van der Waals surface area contributed by atoms with Crippen molar-refractivity contribution in [1.29, 1.82) is 0 Å². The van der Waals surface area contributed by atoms with E-state index in [1.807, 2.05) is 32.6 Å². The Labute approximate surface area is 146 Å². The third kappa shape index (κ3) is 3.83. The zero-order valence-electron chi connectivity index (χ0n) is 15.1. The second-order valence-corrected chi connectivity index (χ2v) is 6.56. The monoisotopic (exact) mass is 351 g/mol. The van der Waals surface area contributed by atoms with Gasteiger partial charge in [-0.2, -0.15) is 0 Å². The molecule has 0 bridgehead atoms. The highest BCUT2D eigenvalue weighted by Gasteiger charge is 2.41. The van der Waals surface area contributed by atoms with Crippen LogP contribution in [0.1, 0.15) is 51.1 Å². The van der Waals surface area contributed by atoms with E-state index in [0.29, 0.717) is 13.1 Å². The lowest BCUT2D eigenvalue weighted by Gasteiger charge is -2.43. The molecule has 8 heteroatoms. The molecule has 1 fully saturated rings. The van der Waals surface area contributed by atoms with Crippen molar-refractivity contribution in [2.24, 2.45) is 5.92 Å². The molecule has 0 saturated carbocycles. The zero-order chi connectivity index (χ0) is 18.7. The summed E-state index contributed by atoms with van der Waals surface area (Å²) in [6.07, 6.45) is 1.75. The number of furan rings is 1. The van der Waals surface area contributed by atoms with E-state index >= 15 is 0 Å². The van der Waals surface area contributed by atoms with Crippen molar-refractivity contribution in [2.45, 2.75) is 52.6 Å². The molecule has 138 valence electrons. The average Bonchev–Trinajstić information content (AvgIpc) is 3.03. The van der Waals surface area contributed by atoms with Gasteiger partial charge in [0.2, 0.25) is 5.91 Å². The van der Waals surface area contributed by atoms with Gasteiger partial charge in [-0.25, -0.2) is 0 Å². The average molecular weight is 351 g/mol. The van der Waals surface area contributed by atoms with E-state index < -0.39 is 16.7 Å². The number of carbonyl (C=O) groups excluding carboxylic acids is 2. The predicted molar refractivity (Wildman–Crippen MR) is 91.1 cm³/mol. The summed E-state index contributed by atoms with van der Waals surface area (Å²) < 4.78 is 4.93. The molecule has 1 aliphatic rings. The Hall–Kier alpha value is -2.38. The second kappa shape index (κ2) is 7.67. The minimum atomic E-state index is -0.685. The van der Waals surface area contributed by atoms with E-state index in [0.717, 1.165) is 18.9 Å². The van der Waals surface area contributed by atoms with Gasteiger partial charge in [0.1, 0.15) is 4.92 Å². The molecule has 25 heavy (non-hydrogen) atoms. The van der Waals surface area contributed by atoms with E-state index in [-0.39, 0.29) is 29.7 Å². The van der Waals surface area contributed by atoms with Crippen LogP contribution in [0.2, 0.25) is 0 Å². The largest absolute Gasteiger partial charge is 0.433 e. The van der Waals surface area contributed by atoms with Crippen LogP contribution < -0.4 is 0 Å². The molecule has 1 aromatic rings. The van der Waals surface area contributed by atoms with Gasteiger partial charge in [0.25, 0.3) is 5.91 Å². The molecular formula is C17H25N3O5. The van der Waals surface area contributed by atoms with Crippen molar-refractivity contribution in [2.75, 3.05) is 13.1 Å². The molecule has 0 radical (unpaired) electrons. The number of likely N-dealkylation sites (tertiary alicyclic amines) is 1. The first-order valence-electron chi connectivity index (χ1n) is 8.65. The van der Waals surface area contributed by atoms with Gasteiger partial charge in [-0.05, 0) is 32.8 Å². The first-order valence-corrected chi connectivity index (χ1v) is 8.65. The maximum Gasteiger partial charge on any atom is 0.433 e. The number of nitrogens with zero attached hydrogens (tertiary/aromatic N) is 3. The van der Waals surface area contributed by atoms with Crippen LogP contribution in [0.4, 0.5) is 5.88 Å². The Balaban J connectivity index is 1.98. The SMILES string of the molecule is CCC(C)N(C(=O)C1CN(C(=O)c2ccc([N+](=O)[O-])o2)C1)C(C)CC. The third-order valence-electron chi connectivity index (χ3n) is 4.89. The van der Waals surface area contributed by atoms with Crippen LogP contribution in [-0.2, 0) is 4.79 Å². The smallest absolute Gasteiger partial charge is 0.395 e. The van der Waals surface area contributed by atoms with E-state index in [2.05, 4.69) is 0 Å². The molecule has 2 atom stereocenters. The first kappa shape index (κ1) is 19.0. The topological polar surface area (TPSA) is 96.9 Å². The van der Waals surface area contributed by atoms with E-state index in [1.165, 1.54) is 11.0 Å². The molecule has 2 rings (SSSR count). The van der Waals surface area contributed by atoms with Crippen molar-refractivity contribution >= 4 is 17.7 Å². The van der Waals surface area contributed by atoms with Crippen molar-refractivity contribution in [1.82, 2.24) is 9.80 Å². The number of carbonyl (C=O) groups is 2. The summed E-state index contributed by atoms with van der Waals surface area (Å²) in [7, 11) is 0. The molecule has 8 nitrogen and oxygen atoms in total.